The van der Waals surface area contributed by atoms with Crippen molar-refractivity contribution >= 4 is 34.2 Å². The molecular formula is C20H14Cl2N2O2. The van der Waals surface area contributed by atoms with Crippen LogP contribution in [0.5, 0.6) is 11.5 Å². The minimum Gasteiger partial charge on any atom is -0.508 e. The van der Waals surface area contributed by atoms with Gasteiger partial charge < -0.3 is 14.8 Å². The minimum absolute atomic E-state index is 0.195. The molecule has 0 aliphatic heterocycles. The van der Waals surface area contributed by atoms with Gasteiger partial charge in [0.1, 0.15) is 17.3 Å². The van der Waals surface area contributed by atoms with Crippen LogP contribution in [0.1, 0.15) is 5.56 Å². The number of nitrogens with zero attached hydrogens (tertiary/aromatic N) is 2. The zero-order chi connectivity index (χ0) is 18.3. The predicted octanol–water partition coefficient (Wildman–Crippen LogP) is 5.47. The van der Waals surface area contributed by atoms with Gasteiger partial charge in [0.15, 0.2) is 0 Å². The van der Waals surface area contributed by atoms with Gasteiger partial charge in [-0.15, -0.1) is 0 Å². The lowest BCUT2D eigenvalue weighted by Gasteiger charge is -2.10. The molecule has 0 saturated carbocycles. The zero-order valence-electron chi connectivity index (χ0n) is 13.5. The van der Waals surface area contributed by atoms with Crippen LogP contribution >= 0.6 is 23.2 Å². The summed E-state index contributed by atoms with van der Waals surface area (Å²) < 4.78 is 2.04. The Labute approximate surface area is 159 Å². The molecule has 2 N–H and O–H groups in total. The fourth-order valence-corrected chi connectivity index (χ4v) is 3.21. The van der Waals surface area contributed by atoms with Gasteiger partial charge in [-0.05, 0) is 54.1 Å². The van der Waals surface area contributed by atoms with Gasteiger partial charge in [-0.1, -0.05) is 35.3 Å². The number of aromatic hydroxyl groups is 2. The Hall–Kier alpha value is -2.69. The summed E-state index contributed by atoms with van der Waals surface area (Å²) in [5, 5.41) is 20.0. The minimum atomic E-state index is 0.195. The van der Waals surface area contributed by atoms with Crippen molar-refractivity contribution in [3.8, 4) is 22.9 Å². The van der Waals surface area contributed by atoms with Crippen molar-refractivity contribution in [1.82, 2.24) is 9.55 Å². The Bertz CT molecular complexity index is 1090. The van der Waals surface area contributed by atoms with E-state index >= 15 is 0 Å². The fourth-order valence-electron chi connectivity index (χ4n) is 2.89. The van der Waals surface area contributed by atoms with E-state index in [-0.39, 0.29) is 11.5 Å². The molecule has 1 heterocycles. The maximum absolute atomic E-state index is 9.56. The van der Waals surface area contributed by atoms with Crippen LogP contribution in [0.25, 0.3) is 22.4 Å². The monoisotopic (exact) mass is 384 g/mol. The molecule has 0 radical (unpaired) electrons. The topological polar surface area (TPSA) is 58.3 Å². The highest BCUT2D eigenvalue weighted by Crippen LogP contribution is 2.32. The van der Waals surface area contributed by atoms with E-state index < -0.39 is 0 Å². The maximum Gasteiger partial charge on any atom is 0.141 e. The van der Waals surface area contributed by atoms with Crippen molar-refractivity contribution in [2.75, 3.05) is 0 Å². The molecule has 3 aromatic carbocycles. The normalized spacial score (nSPS) is 11.2. The smallest absolute Gasteiger partial charge is 0.141 e. The molecule has 4 aromatic rings. The van der Waals surface area contributed by atoms with Crippen LogP contribution in [0.4, 0.5) is 0 Å². The molecule has 0 aliphatic carbocycles. The second-order valence-corrected chi connectivity index (χ2v) is 6.80. The number of hydrogen-bond donors (Lipinski definition) is 2. The molecular weight excluding hydrogens is 371 g/mol. The lowest BCUT2D eigenvalue weighted by molar-refractivity contribution is 0.474. The van der Waals surface area contributed by atoms with E-state index in [4.69, 9.17) is 28.2 Å². The van der Waals surface area contributed by atoms with E-state index in [0.717, 1.165) is 28.0 Å². The number of hydrogen-bond acceptors (Lipinski definition) is 3. The standard InChI is InChI=1S/C20H14Cl2N2O2/c21-16-9-18-19(10-17(16)22)24(11-12-1-5-14(25)6-2-12)20(23-18)13-3-7-15(26)8-4-13/h1-10,25-26H,11H2. The zero-order valence-corrected chi connectivity index (χ0v) is 15.0. The SMILES string of the molecule is Oc1ccc(Cn2c(-c3ccc(O)cc3)nc3cc(Cl)c(Cl)cc32)cc1. The van der Waals surface area contributed by atoms with E-state index in [2.05, 4.69) is 0 Å². The van der Waals surface area contributed by atoms with Gasteiger partial charge in [-0.25, -0.2) is 4.98 Å². The summed E-state index contributed by atoms with van der Waals surface area (Å²) in [4.78, 5) is 4.72. The molecule has 1 aromatic heterocycles. The number of phenolic OH excluding ortho intramolecular Hbond substituents is 2. The number of halogens is 2. The Morgan fingerprint density at radius 2 is 1.38 bits per heavy atom. The van der Waals surface area contributed by atoms with Crippen molar-refractivity contribution in [3.05, 3.63) is 76.3 Å². The molecule has 4 nitrogen and oxygen atoms in total. The van der Waals surface area contributed by atoms with Crippen LogP contribution in [-0.2, 0) is 6.54 Å². The Morgan fingerprint density at radius 3 is 2.04 bits per heavy atom. The van der Waals surface area contributed by atoms with Crippen LogP contribution in [0.2, 0.25) is 10.0 Å². The third kappa shape index (κ3) is 3.09. The molecule has 0 bridgehead atoms. The van der Waals surface area contributed by atoms with Crippen LogP contribution in [-0.4, -0.2) is 19.8 Å². The van der Waals surface area contributed by atoms with Crippen molar-refractivity contribution in [3.63, 3.8) is 0 Å². The molecule has 130 valence electrons. The molecule has 0 amide bonds. The molecule has 4 rings (SSSR count). The molecule has 0 atom stereocenters. The van der Waals surface area contributed by atoms with E-state index in [0.29, 0.717) is 16.6 Å². The van der Waals surface area contributed by atoms with Crippen LogP contribution in [0, 0.1) is 0 Å². The molecule has 0 fully saturated rings. The highest BCUT2D eigenvalue weighted by Gasteiger charge is 2.15. The Morgan fingerprint density at radius 1 is 0.808 bits per heavy atom. The second-order valence-electron chi connectivity index (χ2n) is 5.99. The summed E-state index contributed by atoms with van der Waals surface area (Å²) in [5.41, 5.74) is 3.47. The number of imidazole rings is 1. The van der Waals surface area contributed by atoms with Gasteiger partial charge in [0, 0.05) is 12.1 Å². The van der Waals surface area contributed by atoms with Gasteiger partial charge in [0.05, 0.1) is 21.1 Å². The van der Waals surface area contributed by atoms with Gasteiger partial charge in [0.2, 0.25) is 0 Å². The van der Waals surface area contributed by atoms with Gasteiger partial charge in [-0.2, -0.15) is 0 Å². The molecule has 0 aliphatic rings. The average molecular weight is 385 g/mol. The Kier molecular flexibility index (Phi) is 4.23. The highest BCUT2D eigenvalue weighted by atomic mass is 35.5. The number of rotatable bonds is 3. The van der Waals surface area contributed by atoms with Crippen LogP contribution in [0.15, 0.2) is 60.7 Å². The van der Waals surface area contributed by atoms with E-state index in [9.17, 15) is 10.2 Å². The summed E-state index contributed by atoms with van der Waals surface area (Å²) in [7, 11) is 0. The molecule has 0 unspecified atom stereocenters. The average Bonchev–Trinajstić information content (AvgIpc) is 2.95. The van der Waals surface area contributed by atoms with E-state index in [1.54, 1.807) is 36.4 Å². The van der Waals surface area contributed by atoms with Crippen molar-refractivity contribution in [2.24, 2.45) is 0 Å². The van der Waals surface area contributed by atoms with Crippen LogP contribution in [0.3, 0.4) is 0 Å². The Balaban J connectivity index is 1.91. The molecule has 0 saturated heterocycles. The van der Waals surface area contributed by atoms with Gasteiger partial charge >= 0.3 is 0 Å². The summed E-state index contributed by atoms with van der Waals surface area (Å²) >= 11 is 12.4. The van der Waals surface area contributed by atoms with E-state index in [1.165, 1.54) is 0 Å². The fraction of sp³-hybridized carbons (Fsp3) is 0.0500. The summed E-state index contributed by atoms with van der Waals surface area (Å²) in [6.07, 6.45) is 0. The molecule has 0 spiro atoms. The van der Waals surface area contributed by atoms with Crippen molar-refractivity contribution in [1.29, 1.82) is 0 Å². The maximum atomic E-state index is 9.56. The third-order valence-corrected chi connectivity index (χ3v) is 4.91. The number of phenols is 2. The lowest BCUT2D eigenvalue weighted by atomic mass is 10.2. The largest absolute Gasteiger partial charge is 0.508 e. The number of benzene rings is 3. The first-order valence-corrected chi connectivity index (χ1v) is 8.69. The van der Waals surface area contributed by atoms with Gasteiger partial charge in [0.25, 0.3) is 0 Å². The van der Waals surface area contributed by atoms with Crippen LogP contribution < -0.4 is 0 Å². The first kappa shape index (κ1) is 16.8. The summed E-state index contributed by atoms with van der Waals surface area (Å²) in [6.45, 7) is 0.547. The van der Waals surface area contributed by atoms with Crippen molar-refractivity contribution in [2.45, 2.75) is 6.54 Å². The van der Waals surface area contributed by atoms with E-state index in [1.807, 2.05) is 28.8 Å². The quantitative estimate of drug-likeness (QED) is 0.492. The third-order valence-electron chi connectivity index (χ3n) is 4.19. The lowest BCUT2D eigenvalue weighted by Crippen LogP contribution is -2.02. The number of aromatic nitrogens is 2. The summed E-state index contributed by atoms with van der Waals surface area (Å²) in [6, 6.07) is 17.4. The predicted molar refractivity (Wildman–Crippen MR) is 104 cm³/mol. The number of fused-ring (bicyclic) bond motifs is 1. The van der Waals surface area contributed by atoms with Gasteiger partial charge in [-0.3, -0.25) is 0 Å². The summed E-state index contributed by atoms with van der Waals surface area (Å²) in [5.74, 6) is 1.16. The molecule has 6 heteroatoms. The molecule has 26 heavy (non-hydrogen) atoms. The first-order valence-electron chi connectivity index (χ1n) is 7.94. The second kappa shape index (κ2) is 6.56. The first-order chi connectivity index (χ1) is 12.5. The van der Waals surface area contributed by atoms with Crippen molar-refractivity contribution < 1.29 is 10.2 Å². The highest BCUT2D eigenvalue weighted by molar-refractivity contribution is 6.42.